The van der Waals surface area contributed by atoms with Crippen molar-refractivity contribution in [2.45, 2.75) is 39.2 Å². The molecule has 66 valence electrons. The third-order valence-electron chi connectivity index (χ3n) is 2.02. The Morgan fingerprint density at radius 1 is 1.45 bits per heavy atom. The third kappa shape index (κ3) is 2.89. The summed E-state index contributed by atoms with van der Waals surface area (Å²) < 4.78 is 5.12. The van der Waals surface area contributed by atoms with Crippen LogP contribution in [0.3, 0.4) is 0 Å². The van der Waals surface area contributed by atoms with Crippen LogP contribution in [-0.2, 0) is 9.53 Å². The lowest BCUT2D eigenvalue weighted by molar-refractivity contribution is -0.156. The normalized spacial score (nSPS) is 11.3. The maximum Gasteiger partial charge on any atom is 0.303 e. The van der Waals surface area contributed by atoms with Gasteiger partial charge >= 0.3 is 5.97 Å². The van der Waals surface area contributed by atoms with Crippen LogP contribution in [0.4, 0.5) is 0 Å². The minimum Gasteiger partial charge on any atom is -0.458 e. The highest BCUT2D eigenvalue weighted by Gasteiger charge is 2.27. The zero-order chi connectivity index (χ0) is 8.91. The molecule has 0 unspecified atom stereocenters. The van der Waals surface area contributed by atoms with Crippen LogP contribution >= 0.6 is 0 Å². The predicted molar refractivity (Wildman–Crippen MR) is 44.1 cm³/mol. The van der Waals surface area contributed by atoms with E-state index < -0.39 is 5.60 Å². The van der Waals surface area contributed by atoms with Gasteiger partial charge in [0.25, 0.3) is 0 Å². The molecule has 0 fully saturated rings. The Hall–Kier alpha value is -0.570. The van der Waals surface area contributed by atoms with Gasteiger partial charge in [-0.15, -0.1) is 0 Å². The van der Waals surface area contributed by atoms with E-state index >= 15 is 0 Å². The van der Waals surface area contributed by atoms with Crippen molar-refractivity contribution in [3.8, 4) is 0 Å². The molecule has 0 spiro atoms. The molecule has 0 bridgehead atoms. The number of esters is 1. The first kappa shape index (κ1) is 10.4. The Kier molecular flexibility index (Phi) is 4.11. The molecule has 0 aliphatic carbocycles. The first-order chi connectivity index (χ1) is 5.10. The second-order valence-electron chi connectivity index (χ2n) is 2.69. The Labute approximate surface area is 67.9 Å². The van der Waals surface area contributed by atoms with Crippen molar-refractivity contribution < 1.29 is 9.53 Å². The van der Waals surface area contributed by atoms with Gasteiger partial charge in [0.05, 0.1) is 0 Å². The molecule has 0 aromatic carbocycles. The van der Waals surface area contributed by atoms with Crippen molar-refractivity contribution >= 4 is 5.97 Å². The van der Waals surface area contributed by atoms with Gasteiger partial charge in [0, 0.05) is 13.5 Å². The standard InChI is InChI=1S/C8H17NO2/c1-4-8(5-2,6-9)11-7(3)10/h4-6,9H2,1-3H3. The molecule has 0 aliphatic rings. The maximum atomic E-state index is 10.7. The van der Waals surface area contributed by atoms with Crippen LogP contribution in [0.15, 0.2) is 0 Å². The third-order valence-corrected chi connectivity index (χ3v) is 2.02. The highest BCUT2D eigenvalue weighted by Crippen LogP contribution is 2.18. The summed E-state index contributed by atoms with van der Waals surface area (Å²) in [7, 11) is 0. The molecule has 0 radical (unpaired) electrons. The van der Waals surface area contributed by atoms with Crippen LogP contribution < -0.4 is 5.73 Å². The quantitative estimate of drug-likeness (QED) is 0.624. The summed E-state index contributed by atoms with van der Waals surface area (Å²) in [4.78, 5) is 10.7. The summed E-state index contributed by atoms with van der Waals surface area (Å²) in [6, 6.07) is 0. The summed E-state index contributed by atoms with van der Waals surface area (Å²) in [5.41, 5.74) is 5.08. The molecule has 0 heterocycles. The molecule has 11 heavy (non-hydrogen) atoms. The van der Waals surface area contributed by atoms with Crippen LogP contribution in [0, 0.1) is 0 Å². The molecular weight excluding hydrogens is 142 g/mol. The Morgan fingerprint density at radius 3 is 2.00 bits per heavy atom. The van der Waals surface area contributed by atoms with Gasteiger partial charge in [0.2, 0.25) is 0 Å². The van der Waals surface area contributed by atoms with Crippen LogP contribution in [-0.4, -0.2) is 18.1 Å². The number of hydrogen-bond donors (Lipinski definition) is 1. The molecule has 3 nitrogen and oxygen atoms in total. The van der Waals surface area contributed by atoms with E-state index in [1.165, 1.54) is 6.92 Å². The van der Waals surface area contributed by atoms with Gasteiger partial charge in [-0.3, -0.25) is 4.79 Å². The summed E-state index contributed by atoms with van der Waals surface area (Å²) >= 11 is 0. The second kappa shape index (κ2) is 4.34. The number of rotatable bonds is 4. The van der Waals surface area contributed by atoms with E-state index in [4.69, 9.17) is 10.5 Å². The summed E-state index contributed by atoms with van der Waals surface area (Å²) in [6.45, 7) is 5.76. The number of carbonyl (C=O) groups is 1. The van der Waals surface area contributed by atoms with E-state index in [1.807, 2.05) is 13.8 Å². The van der Waals surface area contributed by atoms with Gasteiger partial charge in [-0.25, -0.2) is 0 Å². The average Bonchev–Trinajstić information content (AvgIpc) is 2.00. The highest BCUT2D eigenvalue weighted by molar-refractivity contribution is 5.66. The molecule has 0 rings (SSSR count). The van der Waals surface area contributed by atoms with Crippen LogP contribution in [0.1, 0.15) is 33.6 Å². The van der Waals surface area contributed by atoms with Crippen LogP contribution in [0.5, 0.6) is 0 Å². The van der Waals surface area contributed by atoms with E-state index in [0.29, 0.717) is 6.54 Å². The lowest BCUT2D eigenvalue weighted by Crippen LogP contribution is -2.40. The Morgan fingerprint density at radius 2 is 1.91 bits per heavy atom. The van der Waals surface area contributed by atoms with Gasteiger partial charge in [0.1, 0.15) is 5.60 Å². The van der Waals surface area contributed by atoms with Crippen molar-refractivity contribution in [2.24, 2.45) is 5.73 Å². The molecule has 0 aromatic rings. The van der Waals surface area contributed by atoms with Crippen molar-refractivity contribution in [1.82, 2.24) is 0 Å². The van der Waals surface area contributed by atoms with Crippen LogP contribution in [0.2, 0.25) is 0 Å². The molecule has 0 saturated carbocycles. The SMILES string of the molecule is CCC(CC)(CN)OC(C)=O. The topological polar surface area (TPSA) is 52.3 Å². The number of carbonyl (C=O) groups excluding carboxylic acids is 1. The van der Waals surface area contributed by atoms with Crippen molar-refractivity contribution in [2.75, 3.05) is 6.54 Å². The van der Waals surface area contributed by atoms with E-state index in [0.717, 1.165) is 12.8 Å². The first-order valence-corrected chi connectivity index (χ1v) is 4.00. The van der Waals surface area contributed by atoms with E-state index in [9.17, 15) is 4.79 Å². The van der Waals surface area contributed by atoms with Crippen molar-refractivity contribution in [1.29, 1.82) is 0 Å². The van der Waals surface area contributed by atoms with Crippen molar-refractivity contribution in [3.63, 3.8) is 0 Å². The maximum absolute atomic E-state index is 10.7. The molecule has 0 saturated heterocycles. The van der Waals surface area contributed by atoms with E-state index in [-0.39, 0.29) is 5.97 Å². The number of ether oxygens (including phenoxy) is 1. The largest absolute Gasteiger partial charge is 0.458 e. The van der Waals surface area contributed by atoms with Crippen molar-refractivity contribution in [3.05, 3.63) is 0 Å². The van der Waals surface area contributed by atoms with E-state index in [2.05, 4.69) is 0 Å². The van der Waals surface area contributed by atoms with Gasteiger partial charge in [-0.2, -0.15) is 0 Å². The fraction of sp³-hybridized carbons (Fsp3) is 0.875. The lowest BCUT2D eigenvalue weighted by Gasteiger charge is -2.29. The first-order valence-electron chi connectivity index (χ1n) is 4.00. The predicted octanol–water partition coefficient (Wildman–Crippen LogP) is 1.07. The van der Waals surface area contributed by atoms with Crippen LogP contribution in [0.25, 0.3) is 0 Å². The Bertz CT molecular complexity index is 122. The molecular formula is C8H17NO2. The van der Waals surface area contributed by atoms with Gasteiger partial charge in [-0.1, -0.05) is 13.8 Å². The highest BCUT2D eigenvalue weighted by atomic mass is 16.6. The molecule has 0 amide bonds. The Balaban J connectivity index is 4.16. The smallest absolute Gasteiger partial charge is 0.303 e. The zero-order valence-electron chi connectivity index (χ0n) is 7.52. The average molecular weight is 159 g/mol. The summed E-state index contributed by atoms with van der Waals surface area (Å²) in [6.07, 6.45) is 1.55. The van der Waals surface area contributed by atoms with E-state index in [1.54, 1.807) is 0 Å². The molecule has 3 heteroatoms. The fourth-order valence-corrected chi connectivity index (χ4v) is 1.03. The van der Waals surface area contributed by atoms with Gasteiger partial charge in [-0.05, 0) is 12.8 Å². The number of hydrogen-bond acceptors (Lipinski definition) is 3. The van der Waals surface area contributed by atoms with Gasteiger partial charge in [0.15, 0.2) is 0 Å². The summed E-state index contributed by atoms with van der Waals surface area (Å²) in [5, 5.41) is 0. The zero-order valence-corrected chi connectivity index (χ0v) is 7.52. The molecule has 0 atom stereocenters. The minimum absolute atomic E-state index is 0.251. The minimum atomic E-state index is -0.425. The second-order valence-corrected chi connectivity index (χ2v) is 2.69. The molecule has 2 N–H and O–H groups in total. The summed E-state index contributed by atoms with van der Waals surface area (Å²) in [5.74, 6) is -0.251. The monoisotopic (exact) mass is 159 g/mol. The number of nitrogens with two attached hydrogens (primary N) is 1. The molecule has 0 aliphatic heterocycles. The van der Waals surface area contributed by atoms with Gasteiger partial charge < -0.3 is 10.5 Å². The lowest BCUT2D eigenvalue weighted by atomic mass is 9.97. The fourth-order valence-electron chi connectivity index (χ4n) is 1.03. The molecule has 0 aromatic heterocycles.